The number of hydrazine groups is 1. The monoisotopic (exact) mass is 442 g/mol. The van der Waals surface area contributed by atoms with Crippen molar-refractivity contribution >= 4 is 54.9 Å². The van der Waals surface area contributed by atoms with Crippen LogP contribution < -0.4 is 11.0 Å². The van der Waals surface area contributed by atoms with Crippen LogP contribution >= 0.6 is 11.6 Å². The quantitative estimate of drug-likeness (QED) is 0.375. The van der Waals surface area contributed by atoms with Crippen LogP contribution in [0.15, 0.2) is 77.7 Å². The highest BCUT2D eigenvalue weighted by Crippen LogP contribution is 2.31. The van der Waals surface area contributed by atoms with Gasteiger partial charge in [0.25, 0.3) is 0 Å². The van der Waals surface area contributed by atoms with Gasteiger partial charge in [-0.05, 0) is 29.0 Å². The smallest absolute Gasteiger partial charge is 0.335 e. The molecule has 0 saturated heterocycles. The highest BCUT2D eigenvalue weighted by molar-refractivity contribution is 7.87. The SMILES string of the molecule is O=C(O)c1cc(S(=O)(=O)ONNc2c(Cl)ccc3ccccc23)c2ccccc2c1. The Bertz CT molecular complexity index is 1390. The number of rotatable bonds is 6. The first-order valence-corrected chi connectivity index (χ1v) is 10.5. The number of benzene rings is 4. The molecule has 0 heterocycles. The lowest BCUT2D eigenvalue weighted by Gasteiger charge is -2.14. The van der Waals surface area contributed by atoms with Crippen molar-refractivity contribution in [2.75, 3.05) is 5.43 Å². The molecule has 0 fully saturated rings. The van der Waals surface area contributed by atoms with Crippen LogP contribution in [0.2, 0.25) is 5.02 Å². The number of halogens is 1. The number of aromatic carboxylic acids is 1. The van der Waals surface area contributed by atoms with Crippen LogP contribution in [0.3, 0.4) is 0 Å². The summed E-state index contributed by atoms with van der Waals surface area (Å²) >= 11 is 6.23. The van der Waals surface area contributed by atoms with E-state index in [1.54, 1.807) is 30.3 Å². The zero-order valence-corrected chi connectivity index (χ0v) is 16.9. The lowest BCUT2D eigenvalue weighted by atomic mass is 10.1. The molecule has 4 rings (SSSR count). The van der Waals surface area contributed by atoms with E-state index in [0.29, 0.717) is 21.5 Å². The lowest BCUT2D eigenvalue weighted by molar-refractivity contribution is 0.0697. The third-order valence-corrected chi connectivity index (χ3v) is 6.04. The van der Waals surface area contributed by atoms with Crippen molar-refractivity contribution in [1.29, 1.82) is 0 Å². The van der Waals surface area contributed by atoms with Crippen molar-refractivity contribution in [2.45, 2.75) is 4.90 Å². The Morgan fingerprint density at radius 1 is 0.900 bits per heavy atom. The summed E-state index contributed by atoms with van der Waals surface area (Å²) in [6, 6.07) is 19.9. The molecule has 0 bridgehead atoms. The summed E-state index contributed by atoms with van der Waals surface area (Å²) in [5.41, 5.74) is 5.16. The van der Waals surface area contributed by atoms with Crippen LogP contribution in [-0.4, -0.2) is 19.5 Å². The standard InChI is InChI=1S/C21H15ClN2O5S/c22-18-10-9-13-5-1-4-8-17(13)20(18)23-24-29-30(27,28)19-12-15(21(25)26)11-14-6-2-3-7-16(14)19/h1-12,23-24H,(H,25,26). The van der Waals surface area contributed by atoms with E-state index >= 15 is 0 Å². The maximum atomic E-state index is 12.8. The van der Waals surface area contributed by atoms with Gasteiger partial charge in [0.05, 0.1) is 16.3 Å². The largest absolute Gasteiger partial charge is 0.478 e. The molecule has 0 aliphatic carbocycles. The first-order chi connectivity index (χ1) is 14.4. The maximum absolute atomic E-state index is 12.8. The maximum Gasteiger partial charge on any atom is 0.335 e. The van der Waals surface area contributed by atoms with E-state index in [2.05, 4.69) is 11.0 Å². The van der Waals surface area contributed by atoms with Gasteiger partial charge in [0.1, 0.15) is 4.90 Å². The minimum Gasteiger partial charge on any atom is -0.478 e. The fourth-order valence-electron chi connectivity index (χ4n) is 3.15. The Morgan fingerprint density at radius 2 is 1.57 bits per heavy atom. The Balaban J connectivity index is 1.65. The van der Waals surface area contributed by atoms with Gasteiger partial charge in [-0.25, -0.2) is 4.79 Å². The molecule has 4 aromatic carbocycles. The van der Waals surface area contributed by atoms with Crippen LogP contribution in [0.4, 0.5) is 5.69 Å². The lowest BCUT2D eigenvalue weighted by Crippen LogP contribution is -2.26. The first kappa shape index (κ1) is 20.1. The van der Waals surface area contributed by atoms with Crippen LogP contribution in [0.1, 0.15) is 10.4 Å². The van der Waals surface area contributed by atoms with Crippen molar-refractivity contribution in [1.82, 2.24) is 5.59 Å². The molecule has 0 aromatic heterocycles. The highest BCUT2D eigenvalue weighted by Gasteiger charge is 2.22. The van der Waals surface area contributed by atoms with Crippen molar-refractivity contribution in [3.63, 3.8) is 0 Å². The Hall–Kier alpha value is -3.17. The van der Waals surface area contributed by atoms with E-state index in [0.717, 1.165) is 16.8 Å². The van der Waals surface area contributed by atoms with Crippen LogP contribution in [0.25, 0.3) is 21.5 Å². The van der Waals surface area contributed by atoms with Gasteiger partial charge in [-0.15, -0.1) is 0 Å². The first-order valence-electron chi connectivity index (χ1n) is 8.75. The number of hydrogen-bond donors (Lipinski definition) is 3. The number of carboxylic acids is 1. The second-order valence-corrected chi connectivity index (χ2v) is 8.33. The third kappa shape index (κ3) is 3.81. The number of hydrogen-bond acceptors (Lipinski definition) is 6. The van der Waals surface area contributed by atoms with E-state index in [-0.39, 0.29) is 10.5 Å². The van der Waals surface area contributed by atoms with Crippen molar-refractivity contribution in [2.24, 2.45) is 0 Å². The van der Waals surface area contributed by atoms with E-state index in [4.69, 9.17) is 15.9 Å². The molecular weight excluding hydrogens is 428 g/mol. The van der Waals surface area contributed by atoms with Gasteiger partial charge in [-0.3, -0.25) is 5.43 Å². The average molecular weight is 443 g/mol. The molecule has 152 valence electrons. The summed E-state index contributed by atoms with van der Waals surface area (Å²) in [6.07, 6.45) is 0. The molecule has 0 unspecified atom stereocenters. The fourth-order valence-corrected chi connectivity index (χ4v) is 4.33. The zero-order chi connectivity index (χ0) is 21.3. The van der Waals surface area contributed by atoms with Crippen molar-refractivity contribution in [3.8, 4) is 0 Å². The van der Waals surface area contributed by atoms with Gasteiger partial charge in [0.2, 0.25) is 0 Å². The number of fused-ring (bicyclic) bond motifs is 2. The summed E-state index contributed by atoms with van der Waals surface area (Å²) in [6.45, 7) is 0. The number of carbonyl (C=O) groups is 1. The van der Waals surface area contributed by atoms with Gasteiger partial charge < -0.3 is 5.11 Å². The molecule has 7 nitrogen and oxygen atoms in total. The topological polar surface area (TPSA) is 105 Å². The van der Waals surface area contributed by atoms with Gasteiger partial charge >= 0.3 is 16.1 Å². The average Bonchev–Trinajstić information content (AvgIpc) is 2.74. The molecule has 30 heavy (non-hydrogen) atoms. The number of carboxylic acid groups (broad SMARTS) is 1. The molecule has 0 spiro atoms. The molecule has 0 amide bonds. The van der Waals surface area contributed by atoms with E-state index in [1.165, 1.54) is 6.07 Å². The van der Waals surface area contributed by atoms with E-state index < -0.39 is 16.1 Å². The minimum absolute atomic E-state index is 0.166. The zero-order valence-electron chi connectivity index (χ0n) is 15.3. The summed E-state index contributed by atoms with van der Waals surface area (Å²) in [7, 11) is -4.36. The third-order valence-electron chi connectivity index (χ3n) is 4.55. The van der Waals surface area contributed by atoms with Crippen molar-refractivity contribution < 1.29 is 22.6 Å². The number of nitrogens with one attached hydrogen (secondary N) is 2. The fraction of sp³-hybridized carbons (Fsp3) is 0. The molecule has 0 aliphatic rings. The van der Waals surface area contributed by atoms with Crippen molar-refractivity contribution in [3.05, 3.63) is 83.4 Å². The molecule has 0 atom stereocenters. The predicted octanol–water partition coefficient (Wildman–Crippen LogP) is 4.58. The van der Waals surface area contributed by atoms with E-state index in [1.807, 2.05) is 30.3 Å². The predicted molar refractivity (Wildman–Crippen MR) is 115 cm³/mol. The minimum atomic E-state index is -4.36. The Morgan fingerprint density at radius 3 is 2.30 bits per heavy atom. The molecule has 4 aromatic rings. The molecule has 3 N–H and O–H groups in total. The highest BCUT2D eigenvalue weighted by atomic mass is 35.5. The molecule has 9 heteroatoms. The van der Waals surface area contributed by atoms with Crippen LogP contribution in [0.5, 0.6) is 0 Å². The summed E-state index contributed by atoms with van der Waals surface area (Å²) in [5, 5.41) is 12.1. The molecular formula is C21H15ClN2O5S. The van der Waals surface area contributed by atoms with Gasteiger partial charge in [0.15, 0.2) is 0 Å². The van der Waals surface area contributed by atoms with E-state index in [9.17, 15) is 18.3 Å². The number of anilines is 1. The Labute approximate surface area is 176 Å². The second kappa shape index (κ2) is 7.92. The van der Waals surface area contributed by atoms with Gasteiger partial charge in [-0.2, -0.15) is 12.7 Å². The van der Waals surface area contributed by atoms with Crippen LogP contribution in [0, 0.1) is 0 Å². The summed E-state index contributed by atoms with van der Waals surface area (Å²) < 4.78 is 30.5. The molecule has 0 aliphatic heterocycles. The molecule has 0 saturated carbocycles. The van der Waals surface area contributed by atoms with Gasteiger partial charge in [0, 0.05) is 10.8 Å². The van der Waals surface area contributed by atoms with Gasteiger partial charge in [-0.1, -0.05) is 71.8 Å². The molecule has 0 radical (unpaired) electrons. The van der Waals surface area contributed by atoms with Crippen LogP contribution in [-0.2, 0) is 14.4 Å². The summed E-state index contributed by atoms with van der Waals surface area (Å²) in [5.74, 6) is -1.24. The normalized spacial score (nSPS) is 11.6. The summed E-state index contributed by atoms with van der Waals surface area (Å²) in [4.78, 5) is 11.1. The Kier molecular flexibility index (Phi) is 5.31. The second-order valence-electron chi connectivity index (χ2n) is 6.41.